The van der Waals surface area contributed by atoms with Crippen molar-refractivity contribution in [1.82, 2.24) is 5.32 Å². The van der Waals surface area contributed by atoms with Gasteiger partial charge < -0.3 is 14.5 Å². The lowest BCUT2D eigenvalue weighted by Crippen LogP contribution is -2.14. The SMILES string of the molecule is C=C/C=C(C)\C(NC(=C)c1ccc(Cc2ccc3ccccc3c2)o1)=C(/C)OC.CC. The van der Waals surface area contributed by atoms with Crippen LogP contribution >= 0.6 is 0 Å². The fourth-order valence-electron chi connectivity index (χ4n) is 3.22. The van der Waals surface area contributed by atoms with E-state index in [2.05, 4.69) is 60.9 Å². The molecule has 1 aromatic heterocycles. The van der Waals surface area contributed by atoms with E-state index >= 15 is 0 Å². The standard InChI is InChI=1S/C26H27NO2.C2H6/c1-6-9-18(2)26(20(4)28-5)27-19(3)25-15-14-24(29-25)17-21-12-13-22-10-7-8-11-23(22)16-21;1-2/h6-16,27H,1,3,17H2,2,4-5H3;1-2H3/b18-9-,26-20-;. The van der Waals surface area contributed by atoms with Gasteiger partial charge in [0.1, 0.15) is 17.3 Å². The highest BCUT2D eigenvalue weighted by atomic mass is 16.5. The van der Waals surface area contributed by atoms with Gasteiger partial charge in [-0.2, -0.15) is 0 Å². The summed E-state index contributed by atoms with van der Waals surface area (Å²) in [6.45, 7) is 15.8. The number of furan rings is 1. The lowest BCUT2D eigenvalue weighted by atomic mass is 10.0. The van der Waals surface area contributed by atoms with Crippen LogP contribution in [0.3, 0.4) is 0 Å². The molecule has 1 N–H and O–H groups in total. The maximum atomic E-state index is 6.05. The van der Waals surface area contributed by atoms with Crippen LogP contribution in [0.1, 0.15) is 44.8 Å². The molecule has 3 nitrogen and oxygen atoms in total. The molecule has 0 bridgehead atoms. The van der Waals surface area contributed by atoms with Crippen molar-refractivity contribution in [2.75, 3.05) is 7.11 Å². The van der Waals surface area contributed by atoms with E-state index in [1.54, 1.807) is 13.2 Å². The smallest absolute Gasteiger partial charge is 0.149 e. The zero-order valence-electron chi connectivity index (χ0n) is 19.3. The number of rotatable bonds is 8. The van der Waals surface area contributed by atoms with Crippen LogP contribution in [0.4, 0.5) is 0 Å². The van der Waals surface area contributed by atoms with Gasteiger partial charge >= 0.3 is 0 Å². The summed E-state index contributed by atoms with van der Waals surface area (Å²) in [5.74, 6) is 2.36. The van der Waals surface area contributed by atoms with Crippen molar-refractivity contribution in [2.45, 2.75) is 34.1 Å². The van der Waals surface area contributed by atoms with Gasteiger partial charge in [-0.1, -0.05) is 81.6 Å². The summed E-state index contributed by atoms with van der Waals surface area (Å²) in [5, 5.41) is 5.79. The van der Waals surface area contributed by atoms with Gasteiger partial charge in [-0.3, -0.25) is 0 Å². The molecule has 0 aliphatic heterocycles. The van der Waals surface area contributed by atoms with E-state index in [-0.39, 0.29) is 0 Å². The molecule has 31 heavy (non-hydrogen) atoms. The van der Waals surface area contributed by atoms with E-state index in [4.69, 9.17) is 9.15 Å². The Bertz CT molecular complexity index is 1100. The van der Waals surface area contributed by atoms with E-state index < -0.39 is 0 Å². The minimum absolute atomic E-state index is 0.679. The minimum Gasteiger partial charge on any atom is -0.499 e. The molecule has 2 aromatic carbocycles. The molecular weight excluding hydrogens is 382 g/mol. The second-order valence-corrected chi connectivity index (χ2v) is 6.95. The molecule has 0 saturated carbocycles. The lowest BCUT2D eigenvalue weighted by Gasteiger charge is -2.15. The maximum Gasteiger partial charge on any atom is 0.149 e. The van der Waals surface area contributed by atoms with E-state index in [0.717, 1.165) is 29.2 Å². The first-order chi connectivity index (χ1) is 15.0. The summed E-state index contributed by atoms with van der Waals surface area (Å²) >= 11 is 0. The molecular formula is C28H33NO2. The summed E-state index contributed by atoms with van der Waals surface area (Å²) in [5.41, 5.74) is 3.75. The highest BCUT2D eigenvalue weighted by Crippen LogP contribution is 2.23. The van der Waals surface area contributed by atoms with Crippen molar-refractivity contribution in [1.29, 1.82) is 0 Å². The van der Waals surface area contributed by atoms with E-state index in [1.165, 1.54) is 16.3 Å². The van der Waals surface area contributed by atoms with Gasteiger partial charge in [0.2, 0.25) is 0 Å². The van der Waals surface area contributed by atoms with Gasteiger partial charge in [-0.15, -0.1) is 0 Å². The molecule has 0 spiro atoms. The van der Waals surface area contributed by atoms with Gasteiger partial charge in [0.25, 0.3) is 0 Å². The Morgan fingerprint density at radius 3 is 2.42 bits per heavy atom. The lowest BCUT2D eigenvalue weighted by molar-refractivity contribution is 0.288. The number of hydrogen-bond acceptors (Lipinski definition) is 3. The van der Waals surface area contributed by atoms with Gasteiger partial charge in [-0.25, -0.2) is 0 Å². The molecule has 0 saturated heterocycles. The van der Waals surface area contributed by atoms with Gasteiger partial charge in [0, 0.05) is 6.42 Å². The molecule has 0 unspecified atom stereocenters. The zero-order valence-corrected chi connectivity index (χ0v) is 19.3. The molecule has 0 radical (unpaired) electrons. The highest BCUT2D eigenvalue weighted by molar-refractivity contribution is 5.83. The van der Waals surface area contributed by atoms with Crippen molar-refractivity contribution >= 4 is 16.5 Å². The van der Waals surface area contributed by atoms with Gasteiger partial charge in [-0.05, 0) is 47.9 Å². The van der Waals surface area contributed by atoms with Crippen LogP contribution in [-0.2, 0) is 11.2 Å². The summed E-state index contributed by atoms with van der Waals surface area (Å²) in [6, 6.07) is 18.8. The van der Waals surface area contributed by atoms with Crippen LogP contribution in [0.25, 0.3) is 16.5 Å². The van der Waals surface area contributed by atoms with Crippen LogP contribution in [0.15, 0.2) is 101 Å². The topological polar surface area (TPSA) is 34.4 Å². The minimum atomic E-state index is 0.679. The molecule has 3 heteroatoms. The number of nitrogens with one attached hydrogen (secondary N) is 1. The molecule has 0 fully saturated rings. The number of ether oxygens (including phenoxy) is 1. The summed E-state index contributed by atoms with van der Waals surface area (Å²) < 4.78 is 11.5. The zero-order chi connectivity index (χ0) is 22.8. The van der Waals surface area contributed by atoms with Crippen molar-refractivity contribution in [3.63, 3.8) is 0 Å². The predicted molar refractivity (Wildman–Crippen MR) is 133 cm³/mol. The molecule has 0 amide bonds. The second kappa shape index (κ2) is 11.7. The first kappa shape index (κ1) is 23.8. The van der Waals surface area contributed by atoms with Gasteiger partial charge in [0.15, 0.2) is 0 Å². The number of fused-ring (bicyclic) bond motifs is 1. The third-order valence-corrected chi connectivity index (χ3v) is 4.85. The highest BCUT2D eigenvalue weighted by Gasteiger charge is 2.12. The first-order valence-corrected chi connectivity index (χ1v) is 10.6. The van der Waals surface area contributed by atoms with Crippen LogP contribution < -0.4 is 5.32 Å². The fourth-order valence-corrected chi connectivity index (χ4v) is 3.22. The summed E-state index contributed by atoms with van der Waals surface area (Å²) in [4.78, 5) is 0. The average Bonchev–Trinajstić information content (AvgIpc) is 3.26. The molecule has 0 atom stereocenters. The molecule has 3 aromatic rings. The molecule has 162 valence electrons. The third kappa shape index (κ3) is 6.26. The monoisotopic (exact) mass is 415 g/mol. The Kier molecular flexibility index (Phi) is 8.95. The Hall–Kier alpha value is -3.46. The van der Waals surface area contributed by atoms with Crippen LogP contribution in [0, 0.1) is 0 Å². The molecule has 3 rings (SSSR count). The second-order valence-electron chi connectivity index (χ2n) is 6.95. The van der Waals surface area contributed by atoms with Crippen LogP contribution in [0.2, 0.25) is 0 Å². The number of allylic oxidation sites excluding steroid dienone is 4. The molecule has 1 heterocycles. The normalized spacial score (nSPS) is 11.8. The van der Waals surface area contributed by atoms with Gasteiger partial charge in [0.05, 0.1) is 18.5 Å². The number of hydrogen-bond donors (Lipinski definition) is 1. The maximum absolute atomic E-state index is 6.05. The Labute approximate surface area is 186 Å². The first-order valence-electron chi connectivity index (χ1n) is 10.6. The third-order valence-electron chi connectivity index (χ3n) is 4.85. The van der Waals surface area contributed by atoms with Crippen LogP contribution in [0.5, 0.6) is 0 Å². The van der Waals surface area contributed by atoms with E-state index in [0.29, 0.717) is 11.5 Å². The molecule has 0 aliphatic rings. The average molecular weight is 416 g/mol. The van der Waals surface area contributed by atoms with Crippen molar-refractivity contribution < 1.29 is 9.15 Å². The Morgan fingerprint density at radius 2 is 1.74 bits per heavy atom. The molecule has 0 aliphatic carbocycles. The Balaban J connectivity index is 0.00000166. The number of benzene rings is 2. The fraction of sp³-hybridized carbons (Fsp3) is 0.214. The van der Waals surface area contributed by atoms with E-state index in [1.807, 2.05) is 45.9 Å². The van der Waals surface area contributed by atoms with Crippen molar-refractivity contribution in [2.24, 2.45) is 0 Å². The predicted octanol–water partition coefficient (Wildman–Crippen LogP) is 7.62. The summed E-state index contributed by atoms with van der Waals surface area (Å²) in [6.07, 6.45) is 4.40. The largest absolute Gasteiger partial charge is 0.499 e. The van der Waals surface area contributed by atoms with Crippen molar-refractivity contribution in [3.05, 3.63) is 114 Å². The van der Waals surface area contributed by atoms with Crippen LogP contribution in [-0.4, -0.2) is 7.11 Å². The Morgan fingerprint density at radius 1 is 1.03 bits per heavy atom. The summed E-state index contributed by atoms with van der Waals surface area (Å²) in [7, 11) is 1.65. The van der Waals surface area contributed by atoms with Crippen molar-refractivity contribution in [3.8, 4) is 0 Å². The quantitative estimate of drug-likeness (QED) is 0.303. The number of methoxy groups -OCH3 is 1. The van der Waals surface area contributed by atoms with E-state index in [9.17, 15) is 0 Å².